The van der Waals surface area contributed by atoms with Crippen LogP contribution in [-0.4, -0.2) is 41.3 Å². The summed E-state index contributed by atoms with van der Waals surface area (Å²) in [5.41, 5.74) is 0.998. The Hall–Kier alpha value is -2.71. The highest BCUT2D eigenvalue weighted by atomic mass is 35.5. The van der Waals surface area contributed by atoms with Crippen molar-refractivity contribution < 1.29 is 22.7 Å². The first-order valence-corrected chi connectivity index (χ1v) is 10.8. The second-order valence-electron chi connectivity index (χ2n) is 6.12. The van der Waals surface area contributed by atoms with E-state index in [9.17, 15) is 13.2 Å². The number of sulfonamides is 1. The van der Waals surface area contributed by atoms with Gasteiger partial charge in [-0.1, -0.05) is 29.8 Å². The summed E-state index contributed by atoms with van der Waals surface area (Å²) < 4.78 is 37.0. The maximum Gasteiger partial charge on any atom is 0.253 e. The van der Waals surface area contributed by atoms with Crippen LogP contribution in [0.1, 0.15) is 15.9 Å². The number of carbonyl (C=O) groups is 1. The van der Waals surface area contributed by atoms with E-state index in [1.54, 1.807) is 24.3 Å². The number of amides is 1. The number of hydrogen-bond donors (Lipinski definition) is 1. The van der Waals surface area contributed by atoms with Crippen molar-refractivity contribution >= 4 is 33.2 Å². The second kappa shape index (κ2) is 9.67. The highest BCUT2D eigenvalue weighted by Gasteiger charge is 2.26. The second-order valence-corrected chi connectivity index (χ2v) is 8.46. The third kappa shape index (κ3) is 5.65. The molecule has 0 radical (unpaired) electrons. The van der Waals surface area contributed by atoms with Crippen molar-refractivity contribution in [2.75, 3.05) is 31.3 Å². The van der Waals surface area contributed by atoms with Gasteiger partial charge < -0.3 is 14.8 Å². The van der Waals surface area contributed by atoms with Crippen LogP contribution in [0.15, 0.2) is 49.1 Å². The lowest BCUT2D eigenvalue weighted by molar-refractivity contribution is 0.0958. The molecule has 156 valence electrons. The van der Waals surface area contributed by atoms with E-state index >= 15 is 0 Å². The van der Waals surface area contributed by atoms with E-state index in [2.05, 4.69) is 11.9 Å². The minimum Gasteiger partial charge on any atom is -0.493 e. The van der Waals surface area contributed by atoms with Crippen molar-refractivity contribution in [2.24, 2.45) is 0 Å². The Kier molecular flexibility index (Phi) is 7.53. The van der Waals surface area contributed by atoms with Crippen molar-refractivity contribution in [3.05, 3.63) is 65.2 Å². The van der Waals surface area contributed by atoms with Crippen LogP contribution in [0, 0.1) is 0 Å². The Labute approximate surface area is 175 Å². The molecule has 0 spiro atoms. The van der Waals surface area contributed by atoms with Crippen LogP contribution in [0.4, 0.5) is 5.69 Å². The summed E-state index contributed by atoms with van der Waals surface area (Å²) >= 11 is 5.92. The first-order chi connectivity index (χ1) is 13.7. The molecule has 0 saturated heterocycles. The largest absolute Gasteiger partial charge is 0.493 e. The number of methoxy groups -OCH3 is 2. The molecule has 0 aliphatic carbocycles. The van der Waals surface area contributed by atoms with Crippen molar-refractivity contribution in [1.29, 1.82) is 0 Å². The van der Waals surface area contributed by atoms with Crippen molar-refractivity contribution in [1.82, 2.24) is 5.32 Å². The average molecular weight is 439 g/mol. The van der Waals surface area contributed by atoms with Crippen LogP contribution in [0.25, 0.3) is 0 Å². The fourth-order valence-electron chi connectivity index (χ4n) is 2.65. The third-order valence-corrected chi connectivity index (χ3v) is 5.44. The lowest BCUT2D eigenvalue weighted by atomic mass is 10.1. The number of carbonyl (C=O) groups excluding carboxylic acids is 1. The Bertz CT molecular complexity index is 991. The summed E-state index contributed by atoms with van der Waals surface area (Å²) in [6, 6.07) is 9.70. The van der Waals surface area contributed by atoms with E-state index in [4.69, 9.17) is 21.1 Å². The third-order valence-electron chi connectivity index (χ3n) is 4.06. The molecule has 0 atom stereocenters. The topological polar surface area (TPSA) is 84.9 Å². The maximum atomic E-state index is 12.7. The average Bonchev–Trinajstić information content (AvgIpc) is 2.69. The van der Waals surface area contributed by atoms with E-state index in [1.165, 1.54) is 32.4 Å². The van der Waals surface area contributed by atoms with Gasteiger partial charge in [-0.2, -0.15) is 0 Å². The normalized spacial score (nSPS) is 10.9. The minimum absolute atomic E-state index is 0.00717. The summed E-state index contributed by atoms with van der Waals surface area (Å²) in [7, 11) is -0.874. The van der Waals surface area contributed by atoms with Gasteiger partial charge in [0.1, 0.15) is 0 Å². The molecule has 29 heavy (non-hydrogen) atoms. The first kappa shape index (κ1) is 22.6. The van der Waals surface area contributed by atoms with Crippen LogP contribution >= 0.6 is 11.6 Å². The van der Waals surface area contributed by atoms with E-state index in [-0.39, 0.29) is 24.3 Å². The smallest absolute Gasteiger partial charge is 0.253 e. The fourth-order valence-corrected chi connectivity index (χ4v) is 3.67. The zero-order valence-electron chi connectivity index (χ0n) is 16.4. The summed E-state index contributed by atoms with van der Waals surface area (Å²) in [5, 5.41) is 3.20. The van der Waals surface area contributed by atoms with Gasteiger partial charge in [-0.3, -0.25) is 9.10 Å². The van der Waals surface area contributed by atoms with Crippen LogP contribution in [0.5, 0.6) is 11.5 Å². The monoisotopic (exact) mass is 438 g/mol. The van der Waals surface area contributed by atoms with Gasteiger partial charge in [0.25, 0.3) is 5.91 Å². The fraction of sp³-hybridized carbons (Fsp3) is 0.250. The highest BCUT2D eigenvalue weighted by Crippen LogP contribution is 2.37. The Morgan fingerprint density at radius 1 is 1.17 bits per heavy atom. The minimum atomic E-state index is -3.74. The van der Waals surface area contributed by atoms with E-state index < -0.39 is 15.9 Å². The van der Waals surface area contributed by atoms with Gasteiger partial charge in [0.05, 0.1) is 38.3 Å². The summed E-state index contributed by atoms with van der Waals surface area (Å²) in [6.45, 7) is 3.80. The lowest BCUT2D eigenvalue weighted by Gasteiger charge is -2.26. The van der Waals surface area contributed by atoms with Gasteiger partial charge >= 0.3 is 0 Å². The van der Waals surface area contributed by atoms with Crippen molar-refractivity contribution in [3.8, 4) is 11.5 Å². The molecule has 0 heterocycles. The zero-order chi connectivity index (χ0) is 21.6. The number of rotatable bonds is 9. The maximum absolute atomic E-state index is 12.7. The van der Waals surface area contributed by atoms with Gasteiger partial charge in [0, 0.05) is 17.6 Å². The highest BCUT2D eigenvalue weighted by molar-refractivity contribution is 7.92. The number of halogens is 1. The van der Waals surface area contributed by atoms with Crippen LogP contribution < -0.4 is 19.1 Å². The van der Waals surface area contributed by atoms with Gasteiger partial charge in [-0.25, -0.2) is 8.42 Å². The zero-order valence-corrected chi connectivity index (χ0v) is 18.0. The van der Waals surface area contributed by atoms with Gasteiger partial charge in [-0.15, -0.1) is 6.58 Å². The molecule has 1 N–H and O–H groups in total. The Balaban J connectivity index is 2.64. The molecule has 9 heteroatoms. The molecule has 0 bridgehead atoms. The molecule has 7 nitrogen and oxygen atoms in total. The lowest BCUT2D eigenvalue weighted by Crippen LogP contribution is -2.33. The molecular formula is C20H23ClN2O5S. The number of nitrogens with one attached hydrogen (secondary N) is 1. The van der Waals surface area contributed by atoms with Gasteiger partial charge in [-0.05, 0) is 23.8 Å². The van der Waals surface area contributed by atoms with E-state index in [0.29, 0.717) is 22.1 Å². The molecule has 0 unspecified atom stereocenters. The van der Waals surface area contributed by atoms with Gasteiger partial charge in [0.15, 0.2) is 11.5 Å². The molecule has 2 rings (SSSR count). The summed E-state index contributed by atoms with van der Waals surface area (Å²) in [4.78, 5) is 12.7. The molecule has 0 aliphatic rings. The van der Waals surface area contributed by atoms with E-state index in [1.807, 2.05) is 0 Å². The van der Waals surface area contributed by atoms with Gasteiger partial charge in [0.2, 0.25) is 10.0 Å². The molecule has 0 saturated carbocycles. The quantitative estimate of drug-likeness (QED) is 0.607. The number of anilines is 1. The van der Waals surface area contributed by atoms with E-state index in [0.717, 1.165) is 10.6 Å². The summed E-state index contributed by atoms with van der Waals surface area (Å²) in [5.74, 6) is 0.137. The number of benzene rings is 2. The molecular weight excluding hydrogens is 416 g/mol. The number of ether oxygens (including phenoxy) is 2. The molecule has 1 amide bonds. The summed E-state index contributed by atoms with van der Waals surface area (Å²) in [6.07, 6.45) is 2.60. The first-order valence-electron chi connectivity index (χ1n) is 8.58. The molecule has 0 aromatic heterocycles. The predicted molar refractivity (Wildman–Crippen MR) is 115 cm³/mol. The molecule has 2 aromatic carbocycles. The number of hydrogen-bond acceptors (Lipinski definition) is 5. The van der Waals surface area contributed by atoms with Crippen molar-refractivity contribution in [3.63, 3.8) is 0 Å². The SMILES string of the molecule is C=CCNC(=O)c1cc(OC)c(OC)cc1N(Cc1ccc(Cl)cc1)S(C)(=O)=O. The molecule has 2 aromatic rings. The van der Waals surface area contributed by atoms with Crippen LogP contribution in [0.3, 0.4) is 0 Å². The molecule has 0 fully saturated rings. The Morgan fingerprint density at radius 2 is 1.76 bits per heavy atom. The van der Waals surface area contributed by atoms with Crippen LogP contribution in [-0.2, 0) is 16.6 Å². The predicted octanol–water partition coefficient (Wildman–Crippen LogP) is 3.24. The van der Waals surface area contributed by atoms with Crippen LogP contribution in [0.2, 0.25) is 5.02 Å². The van der Waals surface area contributed by atoms with Crippen molar-refractivity contribution in [2.45, 2.75) is 6.54 Å². The molecule has 0 aliphatic heterocycles. The number of nitrogens with zero attached hydrogens (tertiary/aromatic N) is 1. The standard InChI is InChI=1S/C20H23ClN2O5S/c1-5-10-22-20(24)16-11-18(27-2)19(28-3)12-17(16)23(29(4,25)26)13-14-6-8-15(21)9-7-14/h5-9,11-12H,1,10,13H2,2-4H3,(H,22,24). The Morgan fingerprint density at radius 3 is 2.28 bits per heavy atom.